The minimum absolute atomic E-state index is 0.340. The molecule has 25 heavy (non-hydrogen) atoms. The second-order valence-electron chi connectivity index (χ2n) is 6.92. The quantitative estimate of drug-likeness (QED) is 0.877. The van der Waals surface area contributed by atoms with Crippen molar-refractivity contribution in [3.63, 3.8) is 0 Å². The maximum absolute atomic E-state index is 13.2. The summed E-state index contributed by atoms with van der Waals surface area (Å²) in [5.74, 6) is -5.43. The first-order valence-corrected chi connectivity index (χ1v) is 9.26. The second kappa shape index (κ2) is 6.63. The highest BCUT2D eigenvalue weighted by molar-refractivity contribution is 7.10. The number of rotatable bonds is 3. The molecule has 1 aliphatic heterocycles. The van der Waals surface area contributed by atoms with E-state index in [0.717, 1.165) is 29.0 Å². The largest absolute Gasteiger partial charge is 0.481 e. The van der Waals surface area contributed by atoms with Crippen LogP contribution in [0.3, 0.4) is 0 Å². The molecule has 2 atom stereocenters. The Morgan fingerprint density at radius 1 is 1.20 bits per heavy atom. The Balaban J connectivity index is 1.89. The van der Waals surface area contributed by atoms with Gasteiger partial charge in [0, 0.05) is 18.0 Å². The number of carboxylic acids is 1. The van der Waals surface area contributed by atoms with Crippen LogP contribution >= 0.6 is 11.3 Å². The first-order chi connectivity index (χ1) is 11.8. The molecule has 1 aromatic rings. The van der Waals surface area contributed by atoms with Crippen LogP contribution in [0.25, 0.3) is 0 Å². The number of hydrogen-bond donors (Lipinski definition) is 1. The maximum atomic E-state index is 13.2. The van der Waals surface area contributed by atoms with Crippen molar-refractivity contribution < 1.29 is 27.9 Å². The summed E-state index contributed by atoms with van der Waals surface area (Å²) in [4.78, 5) is 26.5. The topological polar surface area (TPSA) is 57.6 Å². The lowest BCUT2D eigenvalue weighted by Gasteiger charge is -2.38. The van der Waals surface area contributed by atoms with E-state index in [9.17, 15) is 22.8 Å². The molecule has 1 aromatic heterocycles. The highest BCUT2D eigenvalue weighted by Crippen LogP contribution is 2.45. The Morgan fingerprint density at radius 2 is 1.88 bits per heavy atom. The summed E-state index contributed by atoms with van der Waals surface area (Å²) in [7, 11) is 0. The molecule has 2 aliphatic rings. The fraction of sp³-hybridized carbons (Fsp3) is 0.647. The van der Waals surface area contributed by atoms with Crippen molar-refractivity contribution in [1.29, 1.82) is 0 Å². The standard InChI is InChI=1S/C17H20F3NO3S/c18-17(19,20)12-10-21(9-11(12)14(22)23)15(24)16(6-2-1-3-7-16)13-5-4-8-25-13/h4-5,8,11-12H,1-3,6-7,9-10H2,(H,22,23)/t11-,12-/m1/s1. The van der Waals surface area contributed by atoms with Crippen LogP contribution in [0.1, 0.15) is 37.0 Å². The highest BCUT2D eigenvalue weighted by atomic mass is 32.1. The predicted octanol–water partition coefficient (Wildman–Crippen LogP) is 3.67. The Hall–Kier alpha value is -1.57. The Labute approximate surface area is 147 Å². The van der Waals surface area contributed by atoms with Crippen molar-refractivity contribution in [1.82, 2.24) is 4.90 Å². The van der Waals surface area contributed by atoms with E-state index in [4.69, 9.17) is 5.11 Å². The number of alkyl halides is 3. The van der Waals surface area contributed by atoms with Crippen molar-refractivity contribution in [3.05, 3.63) is 22.4 Å². The van der Waals surface area contributed by atoms with Gasteiger partial charge in [-0.05, 0) is 24.3 Å². The van der Waals surface area contributed by atoms with Gasteiger partial charge in [0.15, 0.2) is 0 Å². The fourth-order valence-electron chi connectivity index (χ4n) is 4.13. The normalized spacial score (nSPS) is 26.6. The van der Waals surface area contributed by atoms with E-state index >= 15 is 0 Å². The number of hydrogen-bond acceptors (Lipinski definition) is 3. The monoisotopic (exact) mass is 375 g/mol. The first kappa shape index (κ1) is 18.2. The minimum atomic E-state index is -4.62. The number of nitrogens with zero attached hydrogens (tertiary/aromatic N) is 1. The van der Waals surface area contributed by atoms with Crippen LogP contribution in [0.15, 0.2) is 17.5 Å². The summed E-state index contributed by atoms with van der Waals surface area (Å²) in [6, 6.07) is 3.70. The third kappa shape index (κ3) is 3.28. The summed E-state index contributed by atoms with van der Waals surface area (Å²) in [6.45, 7) is -0.933. The average molecular weight is 375 g/mol. The van der Waals surface area contributed by atoms with Crippen LogP contribution < -0.4 is 0 Å². The predicted molar refractivity (Wildman–Crippen MR) is 86.3 cm³/mol. The smallest absolute Gasteiger partial charge is 0.394 e. The molecule has 1 saturated carbocycles. The molecule has 0 bridgehead atoms. The lowest BCUT2D eigenvalue weighted by atomic mass is 9.72. The first-order valence-electron chi connectivity index (χ1n) is 8.38. The van der Waals surface area contributed by atoms with E-state index in [0.29, 0.717) is 12.8 Å². The molecule has 4 nitrogen and oxygen atoms in total. The van der Waals surface area contributed by atoms with E-state index in [1.807, 2.05) is 17.5 Å². The molecule has 1 aliphatic carbocycles. The number of halogens is 3. The third-order valence-electron chi connectivity index (χ3n) is 5.45. The number of carbonyl (C=O) groups excluding carboxylic acids is 1. The van der Waals surface area contributed by atoms with Crippen molar-refractivity contribution in [2.75, 3.05) is 13.1 Å². The van der Waals surface area contributed by atoms with Crippen molar-refractivity contribution >= 4 is 23.2 Å². The molecule has 2 heterocycles. The maximum Gasteiger partial charge on any atom is 0.394 e. The molecule has 2 fully saturated rings. The average Bonchev–Trinajstić information content (AvgIpc) is 3.24. The summed E-state index contributed by atoms with van der Waals surface area (Å²) in [6.07, 6.45) is -0.705. The molecule has 1 amide bonds. The van der Waals surface area contributed by atoms with Crippen LogP contribution in [0.5, 0.6) is 0 Å². The number of aliphatic carboxylic acids is 1. The zero-order valence-electron chi connectivity index (χ0n) is 13.6. The SMILES string of the molecule is O=C(O)[C@@H]1CN(C(=O)C2(c3cccs3)CCCCC2)C[C@H]1C(F)(F)F. The fourth-order valence-corrected chi connectivity index (χ4v) is 5.10. The molecule has 0 unspecified atom stereocenters. The van der Waals surface area contributed by atoms with Crippen LogP contribution in [0, 0.1) is 11.8 Å². The Morgan fingerprint density at radius 3 is 2.36 bits per heavy atom. The van der Waals surface area contributed by atoms with Gasteiger partial charge in [0.1, 0.15) is 0 Å². The van der Waals surface area contributed by atoms with Gasteiger partial charge in [0.25, 0.3) is 0 Å². The summed E-state index contributed by atoms with van der Waals surface area (Å²) in [5, 5.41) is 11.0. The molecule has 0 aromatic carbocycles. The Kier molecular flexibility index (Phi) is 4.83. The van der Waals surface area contributed by atoms with Gasteiger partial charge in [0.05, 0.1) is 17.3 Å². The number of thiophene rings is 1. The van der Waals surface area contributed by atoms with Gasteiger partial charge >= 0.3 is 12.1 Å². The van der Waals surface area contributed by atoms with Gasteiger partial charge in [-0.1, -0.05) is 25.3 Å². The zero-order valence-corrected chi connectivity index (χ0v) is 14.4. The molecule has 0 radical (unpaired) electrons. The molecule has 3 rings (SSSR count). The van der Waals surface area contributed by atoms with Crippen LogP contribution in [0.2, 0.25) is 0 Å². The molecule has 8 heteroatoms. The number of carboxylic acid groups (broad SMARTS) is 1. The van der Waals surface area contributed by atoms with Gasteiger partial charge in [-0.2, -0.15) is 13.2 Å². The van der Waals surface area contributed by atoms with E-state index in [1.54, 1.807) is 0 Å². The van der Waals surface area contributed by atoms with Gasteiger partial charge < -0.3 is 10.0 Å². The summed E-state index contributed by atoms with van der Waals surface area (Å²) < 4.78 is 39.7. The lowest BCUT2D eigenvalue weighted by Crippen LogP contribution is -2.47. The van der Waals surface area contributed by atoms with Crippen molar-refractivity contribution in [3.8, 4) is 0 Å². The van der Waals surface area contributed by atoms with Gasteiger partial charge in [0.2, 0.25) is 5.91 Å². The Bertz CT molecular complexity index is 638. The third-order valence-corrected chi connectivity index (χ3v) is 6.53. The second-order valence-corrected chi connectivity index (χ2v) is 7.87. The van der Waals surface area contributed by atoms with E-state index in [-0.39, 0.29) is 12.5 Å². The number of amides is 1. The zero-order chi connectivity index (χ0) is 18.2. The molecule has 138 valence electrons. The molecule has 1 saturated heterocycles. The molecular weight excluding hydrogens is 355 g/mol. The molecule has 0 spiro atoms. The number of likely N-dealkylation sites (tertiary alicyclic amines) is 1. The van der Waals surface area contributed by atoms with E-state index in [2.05, 4.69) is 0 Å². The molecular formula is C17H20F3NO3S. The molecule has 1 N–H and O–H groups in total. The minimum Gasteiger partial charge on any atom is -0.481 e. The lowest BCUT2D eigenvalue weighted by molar-refractivity contribution is -0.188. The van der Waals surface area contributed by atoms with Crippen LogP contribution in [0.4, 0.5) is 13.2 Å². The summed E-state index contributed by atoms with van der Waals surface area (Å²) in [5.41, 5.74) is -0.796. The van der Waals surface area contributed by atoms with Crippen molar-refractivity contribution in [2.24, 2.45) is 11.8 Å². The van der Waals surface area contributed by atoms with E-state index < -0.39 is 35.9 Å². The number of carbonyl (C=O) groups is 2. The summed E-state index contributed by atoms with van der Waals surface area (Å²) >= 11 is 1.44. The van der Waals surface area contributed by atoms with Gasteiger partial charge in [-0.3, -0.25) is 9.59 Å². The van der Waals surface area contributed by atoms with Gasteiger partial charge in [-0.25, -0.2) is 0 Å². The highest BCUT2D eigenvalue weighted by Gasteiger charge is 2.56. The van der Waals surface area contributed by atoms with Crippen molar-refractivity contribution in [2.45, 2.75) is 43.7 Å². The van der Waals surface area contributed by atoms with Gasteiger partial charge in [-0.15, -0.1) is 11.3 Å². The van der Waals surface area contributed by atoms with Crippen LogP contribution in [-0.2, 0) is 15.0 Å². The van der Waals surface area contributed by atoms with Crippen LogP contribution in [-0.4, -0.2) is 41.1 Å². The van der Waals surface area contributed by atoms with E-state index in [1.165, 1.54) is 11.3 Å².